The Morgan fingerprint density at radius 2 is 1.74 bits per heavy atom. The molecule has 2 aromatic carbocycles. The van der Waals surface area contributed by atoms with Crippen molar-refractivity contribution in [2.45, 2.75) is 50.8 Å². The van der Waals surface area contributed by atoms with Crippen LogP contribution in [0.4, 0.5) is 10.1 Å². The summed E-state index contributed by atoms with van der Waals surface area (Å²) < 4.78 is 42.9. The van der Waals surface area contributed by atoms with Crippen LogP contribution in [0.5, 0.6) is 0 Å². The highest BCUT2D eigenvalue weighted by Crippen LogP contribution is 2.28. The van der Waals surface area contributed by atoms with Crippen molar-refractivity contribution in [2.24, 2.45) is 0 Å². The number of rotatable bonds is 6. The number of benzene rings is 2. The van der Waals surface area contributed by atoms with E-state index in [2.05, 4.69) is 10.4 Å². The van der Waals surface area contributed by atoms with Crippen LogP contribution in [0.25, 0.3) is 5.69 Å². The molecule has 3 aromatic rings. The Morgan fingerprint density at radius 3 is 2.38 bits per heavy atom. The van der Waals surface area contributed by atoms with Crippen molar-refractivity contribution in [1.29, 1.82) is 0 Å². The summed E-state index contributed by atoms with van der Waals surface area (Å²) in [6, 6.07) is 10.8. The molecule has 180 valence electrons. The number of hydrogen-bond acceptors (Lipinski definition) is 4. The van der Waals surface area contributed by atoms with Gasteiger partial charge in [-0.15, -0.1) is 0 Å². The lowest BCUT2D eigenvalue weighted by Crippen LogP contribution is -2.36. The molecule has 7 nitrogen and oxygen atoms in total. The van der Waals surface area contributed by atoms with Gasteiger partial charge in [-0.05, 0) is 67.6 Å². The average molecular weight is 485 g/mol. The lowest BCUT2D eigenvalue weighted by atomic mass is 10.0. The first-order chi connectivity index (χ1) is 16.2. The summed E-state index contributed by atoms with van der Waals surface area (Å²) in [5.41, 5.74) is 2.73. The van der Waals surface area contributed by atoms with Gasteiger partial charge < -0.3 is 5.32 Å². The van der Waals surface area contributed by atoms with E-state index < -0.39 is 10.0 Å². The Bertz CT molecular complexity index is 1290. The summed E-state index contributed by atoms with van der Waals surface area (Å²) in [5, 5.41) is 7.20. The van der Waals surface area contributed by atoms with Crippen LogP contribution in [0, 0.1) is 12.7 Å². The number of carbonyl (C=O) groups is 1. The van der Waals surface area contributed by atoms with Gasteiger partial charge in [0.1, 0.15) is 5.82 Å². The molecule has 0 radical (unpaired) electrons. The normalized spacial score (nSPS) is 15.0. The number of halogens is 1. The van der Waals surface area contributed by atoms with Gasteiger partial charge in [0, 0.05) is 18.8 Å². The van der Waals surface area contributed by atoms with Gasteiger partial charge in [0.2, 0.25) is 10.0 Å². The molecule has 1 fully saturated rings. The summed E-state index contributed by atoms with van der Waals surface area (Å²) in [6.07, 6.45) is 4.22. The predicted molar refractivity (Wildman–Crippen MR) is 129 cm³/mol. The van der Waals surface area contributed by atoms with Crippen molar-refractivity contribution in [3.8, 4) is 5.69 Å². The van der Waals surface area contributed by atoms with E-state index in [0.29, 0.717) is 41.3 Å². The largest absolute Gasteiger partial charge is 0.322 e. The standard InChI is InChI=1S/C25H29FN4O3S/c1-17(2)24-22(16-27-30(24)21-11-8-19(26)9-12-21)25(31)28-20-10-7-18(3)23(15-20)34(32,33)29-13-5-4-6-14-29/h7-12,15-17H,4-6,13-14H2,1-3H3,(H,28,31). The van der Waals surface area contributed by atoms with Crippen LogP contribution in [-0.4, -0.2) is 41.5 Å². The molecule has 1 amide bonds. The Morgan fingerprint density at radius 1 is 1.06 bits per heavy atom. The second-order valence-corrected chi connectivity index (χ2v) is 10.8. The summed E-state index contributed by atoms with van der Waals surface area (Å²) in [6.45, 7) is 6.68. The third-order valence-electron chi connectivity index (χ3n) is 6.05. The SMILES string of the molecule is Cc1ccc(NC(=O)c2cnn(-c3ccc(F)cc3)c2C(C)C)cc1S(=O)(=O)N1CCCCC1. The smallest absolute Gasteiger partial charge is 0.259 e. The summed E-state index contributed by atoms with van der Waals surface area (Å²) in [7, 11) is -3.64. The molecular weight excluding hydrogens is 455 g/mol. The van der Waals surface area contributed by atoms with Crippen molar-refractivity contribution in [3.05, 3.63) is 71.3 Å². The molecule has 1 aromatic heterocycles. The van der Waals surface area contributed by atoms with Gasteiger partial charge in [-0.2, -0.15) is 9.40 Å². The van der Waals surface area contributed by atoms with E-state index >= 15 is 0 Å². The third-order valence-corrected chi connectivity index (χ3v) is 8.09. The lowest BCUT2D eigenvalue weighted by molar-refractivity contribution is 0.102. The zero-order valence-electron chi connectivity index (χ0n) is 19.6. The monoisotopic (exact) mass is 484 g/mol. The van der Waals surface area contributed by atoms with Gasteiger partial charge in [-0.3, -0.25) is 4.79 Å². The number of aromatic nitrogens is 2. The molecule has 4 rings (SSSR count). The van der Waals surface area contributed by atoms with Gasteiger partial charge in [0.15, 0.2) is 0 Å². The van der Waals surface area contributed by atoms with E-state index in [4.69, 9.17) is 0 Å². The fourth-order valence-corrected chi connectivity index (χ4v) is 6.04. The fourth-order valence-electron chi connectivity index (χ4n) is 4.27. The molecule has 0 atom stereocenters. The number of carbonyl (C=O) groups excluding carboxylic acids is 1. The average Bonchev–Trinajstić information content (AvgIpc) is 3.27. The van der Waals surface area contributed by atoms with Crippen LogP contribution in [-0.2, 0) is 10.0 Å². The number of anilines is 1. The van der Waals surface area contributed by atoms with Crippen molar-refractivity contribution in [2.75, 3.05) is 18.4 Å². The van der Waals surface area contributed by atoms with Crippen molar-refractivity contribution >= 4 is 21.6 Å². The number of nitrogens with one attached hydrogen (secondary N) is 1. The van der Waals surface area contributed by atoms with Crippen LogP contribution in [0.15, 0.2) is 53.6 Å². The first-order valence-corrected chi connectivity index (χ1v) is 12.9. The maximum Gasteiger partial charge on any atom is 0.259 e. The molecule has 1 N–H and O–H groups in total. The molecule has 0 spiro atoms. The molecule has 0 unspecified atom stereocenters. The van der Waals surface area contributed by atoms with Crippen LogP contribution in [0.1, 0.15) is 60.6 Å². The molecular formula is C25H29FN4O3S. The van der Waals surface area contributed by atoms with Crippen molar-refractivity contribution in [3.63, 3.8) is 0 Å². The quantitative estimate of drug-likeness (QED) is 0.541. The highest BCUT2D eigenvalue weighted by atomic mass is 32.2. The minimum absolute atomic E-state index is 0.0404. The van der Waals surface area contributed by atoms with Crippen molar-refractivity contribution < 1.29 is 17.6 Å². The number of hydrogen-bond donors (Lipinski definition) is 1. The van der Waals surface area contributed by atoms with E-state index in [1.807, 2.05) is 13.8 Å². The van der Waals surface area contributed by atoms with Gasteiger partial charge in [-0.25, -0.2) is 17.5 Å². The molecule has 0 bridgehead atoms. The first kappa shape index (κ1) is 24.1. The topological polar surface area (TPSA) is 84.3 Å². The molecule has 0 saturated carbocycles. The summed E-state index contributed by atoms with van der Waals surface area (Å²) in [4.78, 5) is 13.4. The Balaban J connectivity index is 1.63. The number of amides is 1. The van der Waals surface area contributed by atoms with Crippen LogP contribution in [0.3, 0.4) is 0 Å². The third kappa shape index (κ3) is 4.76. The fraction of sp³-hybridized carbons (Fsp3) is 0.360. The minimum Gasteiger partial charge on any atom is -0.322 e. The highest BCUT2D eigenvalue weighted by Gasteiger charge is 2.28. The minimum atomic E-state index is -3.64. The Kier molecular flexibility index (Phi) is 6.86. The van der Waals surface area contributed by atoms with E-state index in [1.165, 1.54) is 28.7 Å². The van der Waals surface area contributed by atoms with Gasteiger partial charge in [0.05, 0.1) is 28.0 Å². The van der Waals surface area contributed by atoms with E-state index in [1.54, 1.807) is 35.9 Å². The van der Waals surface area contributed by atoms with E-state index in [-0.39, 0.29) is 22.5 Å². The summed E-state index contributed by atoms with van der Waals surface area (Å²) >= 11 is 0. The zero-order chi connectivity index (χ0) is 24.5. The molecule has 0 aliphatic carbocycles. The molecule has 1 saturated heterocycles. The predicted octanol–water partition coefficient (Wildman–Crippen LogP) is 4.87. The lowest BCUT2D eigenvalue weighted by Gasteiger charge is -2.26. The maximum atomic E-state index is 13.4. The van der Waals surface area contributed by atoms with Gasteiger partial charge in [0.25, 0.3) is 5.91 Å². The highest BCUT2D eigenvalue weighted by molar-refractivity contribution is 7.89. The number of piperidine rings is 1. The molecule has 34 heavy (non-hydrogen) atoms. The van der Waals surface area contributed by atoms with Gasteiger partial charge in [-0.1, -0.05) is 26.3 Å². The number of aryl methyl sites for hydroxylation is 1. The molecule has 2 heterocycles. The van der Waals surface area contributed by atoms with Crippen LogP contribution < -0.4 is 5.32 Å². The van der Waals surface area contributed by atoms with Crippen molar-refractivity contribution in [1.82, 2.24) is 14.1 Å². The maximum absolute atomic E-state index is 13.4. The number of sulfonamides is 1. The Hall–Kier alpha value is -3.04. The second kappa shape index (κ2) is 9.68. The summed E-state index contributed by atoms with van der Waals surface area (Å²) in [5.74, 6) is -0.779. The van der Waals surface area contributed by atoms with E-state index in [9.17, 15) is 17.6 Å². The van der Waals surface area contributed by atoms with Crippen LogP contribution >= 0.6 is 0 Å². The zero-order valence-corrected chi connectivity index (χ0v) is 20.4. The molecule has 1 aliphatic heterocycles. The van der Waals surface area contributed by atoms with Gasteiger partial charge >= 0.3 is 0 Å². The second-order valence-electron chi connectivity index (χ2n) is 8.89. The molecule has 9 heteroatoms. The molecule has 1 aliphatic rings. The Labute approximate surface area is 199 Å². The number of nitrogens with zero attached hydrogens (tertiary/aromatic N) is 3. The van der Waals surface area contributed by atoms with Crippen LogP contribution in [0.2, 0.25) is 0 Å². The van der Waals surface area contributed by atoms with E-state index in [0.717, 1.165) is 19.3 Å². The first-order valence-electron chi connectivity index (χ1n) is 11.4.